The number of rotatable bonds is 8. The summed E-state index contributed by atoms with van der Waals surface area (Å²) < 4.78 is 0. The molecule has 1 aliphatic heterocycles. The molecule has 0 aromatic carbocycles. The topological polar surface area (TPSA) is 55.7 Å². The molecular formula is C16H32N2O2. The van der Waals surface area contributed by atoms with Gasteiger partial charge < -0.3 is 15.5 Å². The largest absolute Gasteiger partial charge is 0.396 e. The summed E-state index contributed by atoms with van der Waals surface area (Å²) in [7, 11) is 0. The van der Waals surface area contributed by atoms with E-state index in [0.29, 0.717) is 12.6 Å². The lowest BCUT2D eigenvalue weighted by Crippen LogP contribution is -2.56. The third-order valence-corrected chi connectivity index (χ3v) is 5.15. The summed E-state index contributed by atoms with van der Waals surface area (Å²) in [5, 5.41) is 21.6. The molecule has 0 bridgehead atoms. The van der Waals surface area contributed by atoms with Crippen LogP contribution in [0.3, 0.4) is 0 Å². The molecule has 1 saturated carbocycles. The van der Waals surface area contributed by atoms with Gasteiger partial charge in [0.2, 0.25) is 0 Å². The van der Waals surface area contributed by atoms with Gasteiger partial charge in [0.25, 0.3) is 0 Å². The van der Waals surface area contributed by atoms with Gasteiger partial charge in [-0.2, -0.15) is 0 Å². The number of piperidine rings is 1. The molecule has 3 N–H and O–H groups in total. The number of aliphatic hydroxyl groups excluding tert-OH is 2. The monoisotopic (exact) mass is 284 g/mol. The van der Waals surface area contributed by atoms with Gasteiger partial charge in [0.1, 0.15) is 0 Å². The molecule has 4 atom stereocenters. The molecule has 0 radical (unpaired) electrons. The van der Waals surface area contributed by atoms with Crippen LogP contribution in [0.25, 0.3) is 0 Å². The highest BCUT2D eigenvalue weighted by atomic mass is 16.3. The third-order valence-electron chi connectivity index (χ3n) is 5.15. The van der Waals surface area contributed by atoms with Crippen LogP contribution in [0.2, 0.25) is 0 Å². The van der Waals surface area contributed by atoms with Crippen molar-refractivity contribution in [2.75, 3.05) is 32.8 Å². The van der Waals surface area contributed by atoms with E-state index < -0.39 is 0 Å². The van der Waals surface area contributed by atoms with Crippen LogP contribution in [-0.4, -0.2) is 60.0 Å². The Labute approximate surface area is 123 Å². The fraction of sp³-hybridized carbons (Fsp3) is 1.00. The van der Waals surface area contributed by atoms with Crippen molar-refractivity contribution in [3.8, 4) is 0 Å². The molecule has 1 aliphatic carbocycles. The highest BCUT2D eigenvalue weighted by Gasteiger charge is 2.37. The van der Waals surface area contributed by atoms with Crippen LogP contribution < -0.4 is 5.32 Å². The maximum atomic E-state index is 9.05. The molecule has 2 fully saturated rings. The molecule has 0 aromatic rings. The summed E-state index contributed by atoms with van der Waals surface area (Å²) in [4.78, 5) is 2.69. The number of hydrogen-bond acceptors (Lipinski definition) is 4. The molecule has 4 heteroatoms. The average molecular weight is 284 g/mol. The summed E-state index contributed by atoms with van der Waals surface area (Å²) in [6.07, 6.45) is 6.89. The highest BCUT2D eigenvalue weighted by Crippen LogP contribution is 2.35. The normalized spacial score (nSPS) is 35.0. The van der Waals surface area contributed by atoms with Crippen LogP contribution in [0.4, 0.5) is 0 Å². The van der Waals surface area contributed by atoms with Crippen molar-refractivity contribution < 1.29 is 10.2 Å². The molecule has 1 saturated heterocycles. The van der Waals surface area contributed by atoms with Crippen LogP contribution in [-0.2, 0) is 0 Å². The van der Waals surface area contributed by atoms with E-state index >= 15 is 0 Å². The molecule has 4 nitrogen and oxygen atoms in total. The Morgan fingerprint density at radius 1 is 1.10 bits per heavy atom. The number of nitrogens with one attached hydrogen (secondary N) is 1. The van der Waals surface area contributed by atoms with Gasteiger partial charge in [-0.15, -0.1) is 0 Å². The lowest BCUT2D eigenvalue weighted by molar-refractivity contribution is 0.0198. The summed E-state index contributed by atoms with van der Waals surface area (Å²) in [6.45, 7) is 6.26. The molecular weight excluding hydrogens is 252 g/mol. The molecule has 1 heterocycles. The fourth-order valence-corrected chi connectivity index (χ4v) is 3.83. The van der Waals surface area contributed by atoms with Crippen molar-refractivity contribution >= 4 is 0 Å². The zero-order chi connectivity index (χ0) is 14.4. The van der Waals surface area contributed by atoms with Crippen molar-refractivity contribution in [1.29, 1.82) is 0 Å². The smallest absolute Gasteiger partial charge is 0.0443 e. The lowest BCUT2D eigenvalue weighted by atomic mass is 9.77. The summed E-state index contributed by atoms with van der Waals surface area (Å²) in [6, 6.07) is 1.35. The Morgan fingerprint density at radius 2 is 1.90 bits per heavy atom. The fourth-order valence-electron chi connectivity index (χ4n) is 3.83. The standard InChI is InChI=1S/C16H32N2O2/c1-13-5-6-16(13)18-11-14(4-2-8-19)10-15(12-18)17-7-3-9-20/h13-17,19-20H,2-12H2,1H3. The van der Waals surface area contributed by atoms with Crippen LogP contribution in [0.15, 0.2) is 0 Å². The van der Waals surface area contributed by atoms with Gasteiger partial charge in [-0.05, 0) is 56.9 Å². The van der Waals surface area contributed by atoms with E-state index in [2.05, 4.69) is 17.1 Å². The molecule has 0 aromatic heterocycles. The Balaban J connectivity index is 1.84. The second-order valence-electron chi connectivity index (χ2n) is 6.77. The Kier molecular flexibility index (Phi) is 6.75. The van der Waals surface area contributed by atoms with Crippen LogP contribution >= 0.6 is 0 Å². The van der Waals surface area contributed by atoms with E-state index in [1.165, 1.54) is 25.8 Å². The molecule has 0 spiro atoms. The highest BCUT2D eigenvalue weighted by molar-refractivity contribution is 4.92. The summed E-state index contributed by atoms with van der Waals surface area (Å²) >= 11 is 0. The number of nitrogens with zero attached hydrogens (tertiary/aromatic N) is 1. The van der Waals surface area contributed by atoms with Crippen molar-refractivity contribution in [2.45, 2.75) is 57.5 Å². The Hall–Kier alpha value is -0.160. The van der Waals surface area contributed by atoms with Gasteiger partial charge >= 0.3 is 0 Å². The maximum absolute atomic E-state index is 9.05. The van der Waals surface area contributed by atoms with Crippen molar-refractivity contribution in [3.63, 3.8) is 0 Å². The average Bonchev–Trinajstić information content (AvgIpc) is 2.43. The van der Waals surface area contributed by atoms with Gasteiger partial charge in [0.15, 0.2) is 0 Å². The molecule has 20 heavy (non-hydrogen) atoms. The minimum absolute atomic E-state index is 0.275. The molecule has 2 rings (SSSR count). The van der Waals surface area contributed by atoms with Gasteiger partial charge in [0.05, 0.1) is 0 Å². The molecule has 118 valence electrons. The number of aliphatic hydroxyl groups is 2. The quantitative estimate of drug-likeness (QED) is 0.587. The number of likely N-dealkylation sites (tertiary alicyclic amines) is 1. The van der Waals surface area contributed by atoms with E-state index in [1.807, 2.05) is 0 Å². The van der Waals surface area contributed by atoms with Crippen molar-refractivity contribution in [3.05, 3.63) is 0 Å². The maximum Gasteiger partial charge on any atom is 0.0443 e. The van der Waals surface area contributed by atoms with E-state index in [9.17, 15) is 0 Å². The minimum atomic E-state index is 0.275. The van der Waals surface area contributed by atoms with Gasteiger partial charge in [-0.1, -0.05) is 6.92 Å². The first-order valence-electron chi connectivity index (χ1n) is 8.43. The Morgan fingerprint density at radius 3 is 2.50 bits per heavy atom. The second-order valence-corrected chi connectivity index (χ2v) is 6.77. The predicted octanol–water partition coefficient (Wildman–Crippen LogP) is 1.22. The zero-order valence-corrected chi connectivity index (χ0v) is 12.9. The first-order valence-corrected chi connectivity index (χ1v) is 8.43. The molecule has 0 amide bonds. The van der Waals surface area contributed by atoms with Crippen LogP contribution in [0.5, 0.6) is 0 Å². The van der Waals surface area contributed by atoms with E-state index in [-0.39, 0.29) is 6.61 Å². The first-order chi connectivity index (χ1) is 9.74. The second kappa shape index (κ2) is 8.32. The SMILES string of the molecule is CC1CCC1N1CC(CCCO)CC(NCCCO)C1. The lowest BCUT2D eigenvalue weighted by Gasteiger charge is -2.48. The molecule has 2 aliphatic rings. The van der Waals surface area contributed by atoms with E-state index in [0.717, 1.165) is 50.2 Å². The zero-order valence-electron chi connectivity index (χ0n) is 12.9. The minimum Gasteiger partial charge on any atom is -0.396 e. The van der Waals surface area contributed by atoms with Gasteiger partial charge in [-0.25, -0.2) is 0 Å². The van der Waals surface area contributed by atoms with Crippen molar-refractivity contribution in [1.82, 2.24) is 10.2 Å². The summed E-state index contributed by atoms with van der Waals surface area (Å²) in [5.74, 6) is 1.57. The van der Waals surface area contributed by atoms with E-state index in [1.54, 1.807) is 0 Å². The van der Waals surface area contributed by atoms with Crippen LogP contribution in [0, 0.1) is 11.8 Å². The van der Waals surface area contributed by atoms with E-state index in [4.69, 9.17) is 10.2 Å². The van der Waals surface area contributed by atoms with Crippen molar-refractivity contribution in [2.24, 2.45) is 11.8 Å². The van der Waals surface area contributed by atoms with Gasteiger partial charge in [-0.3, -0.25) is 4.90 Å². The predicted molar refractivity (Wildman–Crippen MR) is 81.7 cm³/mol. The first kappa shape index (κ1) is 16.2. The van der Waals surface area contributed by atoms with Crippen LogP contribution in [0.1, 0.15) is 45.4 Å². The van der Waals surface area contributed by atoms with Gasteiger partial charge in [0, 0.05) is 38.4 Å². The third kappa shape index (κ3) is 4.42. The Bertz CT molecular complexity index is 275. The number of hydrogen-bond donors (Lipinski definition) is 3. The summed E-state index contributed by atoms with van der Waals surface area (Å²) in [5.41, 5.74) is 0. The molecule has 4 unspecified atom stereocenters.